The van der Waals surface area contributed by atoms with E-state index >= 15 is 0 Å². The SMILES string of the molecule is CN(CC1CCC1)C(=O)NC(=O)CCl. The first-order chi connectivity index (χ1) is 6.63. The highest BCUT2D eigenvalue weighted by Gasteiger charge is 2.21. The Morgan fingerprint density at radius 3 is 2.57 bits per heavy atom. The highest BCUT2D eigenvalue weighted by molar-refractivity contribution is 6.28. The fraction of sp³-hybridized carbons (Fsp3) is 0.778. The lowest BCUT2D eigenvalue weighted by Crippen LogP contribution is -2.43. The minimum absolute atomic E-state index is 0.178. The van der Waals surface area contributed by atoms with Gasteiger partial charge in [-0.1, -0.05) is 6.42 Å². The van der Waals surface area contributed by atoms with E-state index in [0.29, 0.717) is 5.92 Å². The molecule has 0 radical (unpaired) electrons. The van der Waals surface area contributed by atoms with Gasteiger partial charge in [-0.05, 0) is 18.8 Å². The van der Waals surface area contributed by atoms with Gasteiger partial charge in [0, 0.05) is 13.6 Å². The van der Waals surface area contributed by atoms with Crippen LogP contribution in [-0.2, 0) is 4.79 Å². The molecule has 0 atom stereocenters. The van der Waals surface area contributed by atoms with E-state index in [0.717, 1.165) is 6.54 Å². The molecule has 0 unspecified atom stereocenters. The smallest absolute Gasteiger partial charge is 0.323 e. The maximum Gasteiger partial charge on any atom is 0.323 e. The van der Waals surface area contributed by atoms with Gasteiger partial charge in [0.05, 0.1) is 0 Å². The zero-order chi connectivity index (χ0) is 10.6. The molecular formula is C9H15ClN2O2. The van der Waals surface area contributed by atoms with Gasteiger partial charge in [0.2, 0.25) is 5.91 Å². The van der Waals surface area contributed by atoms with Crippen LogP contribution in [0.25, 0.3) is 0 Å². The van der Waals surface area contributed by atoms with Gasteiger partial charge >= 0.3 is 6.03 Å². The second-order valence-electron chi connectivity index (χ2n) is 3.66. The van der Waals surface area contributed by atoms with Crippen molar-refractivity contribution < 1.29 is 9.59 Å². The monoisotopic (exact) mass is 218 g/mol. The molecular weight excluding hydrogens is 204 g/mol. The van der Waals surface area contributed by atoms with E-state index in [-0.39, 0.29) is 11.9 Å². The summed E-state index contributed by atoms with van der Waals surface area (Å²) in [6, 6.07) is -0.359. The maximum absolute atomic E-state index is 11.3. The molecule has 0 bridgehead atoms. The number of alkyl halides is 1. The first-order valence-corrected chi connectivity index (χ1v) is 5.28. The summed E-state index contributed by atoms with van der Waals surface area (Å²) in [5.74, 6) is -0.0165. The third kappa shape index (κ3) is 3.18. The van der Waals surface area contributed by atoms with Gasteiger partial charge in [0.15, 0.2) is 0 Å². The quantitative estimate of drug-likeness (QED) is 0.724. The van der Waals surface area contributed by atoms with E-state index in [1.54, 1.807) is 7.05 Å². The summed E-state index contributed by atoms with van der Waals surface area (Å²) in [6.07, 6.45) is 3.61. The number of carbonyl (C=O) groups is 2. The molecule has 1 N–H and O–H groups in total. The van der Waals surface area contributed by atoms with Crippen molar-refractivity contribution in [2.45, 2.75) is 19.3 Å². The lowest BCUT2D eigenvalue weighted by Gasteiger charge is -2.29. The molecule has 1 rings (SSSR count). The van der Waals surface area contributed by atoms with Crippen LogP contribution >= 0.6 is 11.6 Å². The molecule has 0 aromatic rings. The Labute approximate surface area is 88.6 Å². The van der Waals surface area contributed by atoms with Crippen LogP contribution in [0.1, 0.15) is 19.3 Å². The Morgan fingerprint density at radius 2 is 2.14 bits per heavy atom. The molecule has 0 aromatic carbocycles. The summed E-state index contributed by atoms with van der Waals surface area (Å²) in [7, 11) is 1.69. The Kier molecular flexibility index (Phi) is 4.20. The average molecular weight is 219 g/mol. The number of hydrogen-bond donors (Lipinski definition) is 1. The lowest BCUT2D eigenvalue weighted by atomic mass is 9.85. The lowest BCUT2D eigenvalue weighted by molar-refractivity contribution is -0.117. The first kappa shape index (κ1) is 11.3. The summed E-state index contributed by atoms with van der Waals surface area (Å²) in [6.45, 7) is 0.724. The third-order valence-corrected chi connectivity index (χ3v) is 2.71. The highest BCUT2D eigenvalue weighted by Crippen LogP contribution is 2.26. The molecule has 1 aliphatic carbocycles. The summed E-state index contributed by atoms with van der Waals surface area (Å²) >= 11 is 5.26. The molecule has 1 aliphatic rings. The van der Waals surface area contributed by atoms with Gasteiger partial charge in [0.1, 0.15) is 5.88 Å². The Balaban J connectivity index is 2.24. The first-order valence-electron chi connectivity index (χ1n) is 4.74. The second-order valence-corrected chi connectivity index (χ2v) is 3.93. The van der Waals surface area contributed by atoms with Crippen LogP contribution < -0.4 is 5.32 Å². The van der Waals surface area contributed by atoms with Gasteiger partial charge in [-0.15, -0.1) is 11.6 Å². The van der Waals surface area contributed by atoms with Gasteiger partial charge in [-0.3, -0.25) is 10.1 Å². The summed E-state index contributed by atoms with van der Waals surface area (Å²) < 4.78 is 0. The van der Waals surface area contributed by atoms with Gasteiger partial charge in [-0.25, -0.2) is 4.79 Å². The van der Waals surface area contributed by atoms with Crippen LogP contribution in [0.4, 0.5) is 4.79 Å². The number of hydrogen-bond acceptors (Lipinski definition) is 2. The molecule has 0 spiro atoms. The number of rotatable bonds is 3. The molecule has 3 amide bonds. The van der Waals surface area contributed by atoms with E-state index in [1.165, 1.54) is 24.2 Å². The normalized spacial score (nSPS) is 15.9. The molecule has 5 heteroatoms. The van der Waals surface area contributed by atoms with E-state index in [9.17, 15) is 9.59 Å². The minimum Gasteiger partial charge on any atom is -0.327 e. The molecule has 1 saturated carbocycles. The van der Waals surface area contributed by atoms with E-state index in [2.05, 4.69) is 5.32 Å². The average Bonchev–Trinajstić information content (AvgIpc) is 2.10. The zero-order valence-corrected chi connectivity index (χ0v) is 9.01. The van der Waals surface area contributed by atoms with Gasteiger partial charge < -0.3 is 4.90 Å². The third-order valence-electron chi connectivity index (χ3n) is 2.47. The van der Waals surface area contributed by atoms with Crippen molar-refractivity contribution in [1.29, 1.82) is 0 Å². The number of carbonyl (C=O) groups excluding carboxylic acids is 2. The topological polar surface area (TPSA) is 49.4 Å². The van der Waals surface area contributed by atoms with E-state index < -0.39 is 5.91 Å². The molecule has 0 heterocycles. The van der Waals surface area contributed by atoms with Crippen molar-refractivity contribution in [3.05, 3.63) is 0 Å². The fourth-order valence-corrected chi connectivity index (χ4v) is 1.46. The maximum atomic E-state index is 11.3. The van der Waals surface area contributed by atoms with Crippen LogP contribution in [-0.4, -0.2) is 36.3 Å². The Hall–Kier alpha value is -0.770. The summed E-state index contributed by atoms with van der Waals surface area (Å²) in [4.78, 5) is 23.7. The van der Waals surface area contributed by atoms with E-state index in [1.807, 2.05) is 0 Å². The summed E-state index contributed by atoms with van der Waals surface area (Å²) in [5, 5.41) is 2.20. The second kappa shape index (κ2) is 5.20. The standard InChI is InChI=1S/C9H15ClN2O2/c1-12(6-7-3-2-4-7)9(14)11-8(13)5-10/h7H,2-6H2,1H3,(H,11,13,14). The predicted molar refractivity (Wildman–Crippen MR) is 54.2 cm³/mol. The predicted octanol–water partition coefficient (Wildman–Crippen LogP) is 1.19. The van der Waals surface area contributed by atoms with Gasteiger partial charge in [-0.2, -0.15) is 0 Å². The molecule has 0 aromatic heterocycles. The van der Waals surface area contributed by atoms with Crippen LogP contribution in [0.5, 0.6) is 0 Å². The Morgan fingerprint density at radius 1 is 1.50 bits per heavy atom. The summed E-state index contributed by atoms with van der Waals surface area (Å²) in [5.41, 5.74) is 0. The van der Waals surface area contributed by atoms with Crippen LogP contribution in [0.3, 0.4) is 0 Å². The number of amides is 3. The number of nitrogens with one attached hydrogen (secondary N) is 1. The van der Waals surface area contributed by atoms with Crippen molar-refractivity contribution in [2.75, 3.05) is 19.5 Å². The largest absolute Gasteiger partial charge is 0.327 e. The van der Waals surface area contributed by atoms with Crippen LogP contribution in [0, 0.1) is 5.92 Å². The number of nitrogens with zero attached hydrogens (tertiary/aromatic N) is 1. The van der Waals surface area contributed by atoms with Crippen molar-refractivity contribution in [2.24, 2.45) is 5.92 Å². The molecule has 1 fully saturated rings. The highest BCUT2D eigenvalue weighted by atomic mass is 35.5. The van der Waals surface area contributed by atoms with Crippen LogP contribution in [0.15, 0.2) is 0 Å². The van der Waals surface area contributed by atoms with E-state index in [4.69, 9.17) is 11.6 Å². The molecule has 4 nitrogen and oxygen atoms in total. The number of halogens is 1. The fourth-order valence-electron chi connectivity index (χ4n) is 1.39. The van der Waals surface area contributed by atoms with Gasteiger partial charge in [0.25, 0.3) is 0 Å². The number of imide groups is 1. The Bertz CT molecular complexity index is 229. The molecule has 0 saturated heterocycles. The van der Waals surface area contributed by atoms with Crippen molar-refractivity contribution in [3.63, 3.8) is 0 Å². The zero-order valence-electron chi connectivity index (χ0n) is 8.25. The number of urea groups is 1. The van der Waals surface area contributed by atoms with Crippen molar-refractivity contribution >= 4 is 23.5 Å². The van der Waals surface area contributed by atoms with Crippen molar-refractivity contribution in [1.82, 2.24) is 10.2 Å². The molecule has 0 aliphatic heterocycles. The minimum atomic E-state index is -0.447. The molecule has 14 heavy (non-hydrogen) atoms. The van der Waals surface area contributed by atoms with Crippen molar-refractivity contribution in [3.8, 4) is 0 Å². The molecule has 80 valence electrons. The van der Waals surface area contributed by atoms with Crippen LogP contribution in [0.2, 0.25) is 0 Å².